The average Bonchev–Trinajstić information content (AvgIpc) is 3.39. The highest BCUT2D eigenvalue weighted by molar-refractivity contribution is 6.33. The zero-order chi connectivity index (χ0) is 19.3. The number of hydrogen-bond donors (Lipinski definition) is 1. The van der Waals surface area contributed by atoms with E-state index >= 15 is 0 Å². The maximum Gasteiger partial charge on any atom is 0.119 e. The number of benzene rings is 2. The predicted molar refractivity (Wildman–Crippen MR) is 111 cm³/mol. The lowest BCUT2D eigenvalue weighted by atomic mass is 10.1. The first-order chi connectivity index (χ1) is 13.7. The van der Waals surface area contributed by atoms with Crippen molar-refractivity contribution in [1.82, 2.24) is 15.1 Å². The number of hydrogen-bond acceptors (Lipinski definition) is 4. The Morgan fingerprint density at radius 1 is 1.21 bits per heavy atom. The summed E-state index contributed by atoms with van der Waals surface area (Å²) in [4.78, 5) is 0. The molecule has 6 heteroatoms. The Balaban J connectivity index is 1.61. The van der Waals surface area contributed by atoms with E-state index in [9.17, 15) is 0 Å². The van der Waals surface area contributed by atoms with Crippen molar-refractivity contribution in [3.8, 4) is 22.7 Å². The molecule has 0 saturated carbocycles. The van der Waals surface area contributed by atoms with Gasteiger partial charge in [-0.15, -0.1) is 0 Å². The van der Waals surface area contributed by atoms with Crippen molar-refractivity contribution in [1.29, 1.82) is 0 Å². The van der Waals surface area contributed by atoms with Crippen LogP contribution in [0.2, 0.25) is 5.02 Å². The normalized spacial score (nSPS) is 16.4. The van der Waals surface area contributed by atoms with Gasteiger partial charge in [-0.3, -0.25) is 0 Å². The molecule has 0 amide bonds. The summed E-state index contributed by atoms with van der Waals surface area (Å²) < 4.78 is 12.8. The molecule has 1 N–H and O–H groups in total. The van der Waals surface area contributed by atoms with Crippen LogP contribution in [0.1, 0.15) is 18.4 Å². The second kappa shape index (κ2) is 8.78. The summed E-state index contributed by atoms with van der Waals surface area (Å²) in [6.07, 6.45) is 4.63. The van der Waals surface area contributed by atoms with Crippen molar-refractivity contribution in [3.05, 3.63) is 65.3 Å². The lowest BCUT2D eigenvalue weighted by Gasteiger charge is -2.10. The molecule has 146 valence electrons. The number of methoxy groups -OCH3 is 1. The van der Waals surface area contributed by atoms with Crippen LogP contribution in [0.5, 0.6) is 5.75 Å². The van der Waals surface area contributed by atoms with Gasteiger partial charge < -0.3 is 14.8 Å². The Morgan fingerprint density at radius 2 is 2.04 bits per heavy atom. The molecule has 2 heterocycles. The minimum Gasteiger partial charge on any atom is -0.497 e. The molecule has 4 rings (SSSR count). The molecule has 0 spiro atoms. The summed E-state index contributed by atoms with van der Waals surface area (Å²) in [6.45, 7) is 2.42. The summed E-state index contributed by atoms with van der Waals surface area (Å²) in [5.74, 6) is 0.820. The van der Waals surface area contributed by atoms with Gasteiger partial charge in [0.1, 0.15) is 5.75 Å². The quantitative estimate of drug-likeness (QED) is 0.639. The van der Waals surface area contributed by atoms with Crippen LogP contribution in [0.15, 0.2) is 54.7 Å². The van der Waals surface area contributed by atoms with Crippen LogP contribution >= 0.6 is 11.6 Å². The van der Waals surface area contributed by atoms with E-state index in [-0.39, 0.29) is 0 Å². The summed E-state index contributed by atoms with van der Waals surface area (Å²) in [6, 6.07) is 15.7. The zero-order valence-electron chi connectivity index (χ0n) is 15.9. The molecule has 1 aliphatic heterocycles. The van der Waals surface area contributed by atoms with Gasteiger partial charge in [-0.05, 0) is 43.2 Å². The van der Waals surface area contributed by atoms with Crippen LogP contribution in [-0.4, -0.2) is 36.1 Å². The van der Waals surface area contributed by atoms with E-state index in [0.717, 1.165) is 54.3 Å². The van der Waals surface area contributed by atoms with Crippen LogP contribution in [0.4, 0.5) is 0 Å². The summed E-state index contributed by atoms with van der Waals surface area (Å²) >= 11 is 6.46. The van der Waals surface area contributed by atoms with Gasteiger partial charge in [-0.1, -0.05) is 29.8 Å². The highest BCUT2D eigenvalue weighted by atomic mass is 35.5. The lowest BCUT2D eigenvalue weighted by molar-refractivity contribution is 0.110. The smallest absolute Gasteiger partial charge is 0.119 e. The van der Waals surface area contributed by atoms with E-state index in [1.54, 1.807) is 7.11 Å². The fourth-order valence-corrected chi connectivity index (χ4v) is 3.68. The van der Waals surface area contributed by atoms with Crippen LogP contribution in [0, 0.1) is 0 Å². The monoisotopic (exact) mass is 397 g/mol. The van der Waals surface area contributed by atoms with Crippen molar-refractivity contribution < 1.29 is 9.47 Å². The van der Waals surface area contributed by atoms with Gasteiger partial charge in [-0.2, -0.15) is 5.10 Å². The Labute approximate surface area is 170 Å². The van der Waals surface area contributed by atoms with Gasteiger partial charge in [-0.25, -0.2) is 4.68 Å². The summed E-state index contributed by atoms with van der Waals surface area (Å²) in [5.41, 5.74) is 3.90. The van der Waals surface area contributed by atoms with Crippen molar-refractivity contribution in [2.75, 3.05) is 20.3 Å². The first kappa shape index (κ1) is 19.0. The van der Waals surface area contributed by atoms with Gasteiger partial charge in [0, 0.05) is 37.0 Å². The number of nitrogens with zero attached hydrogens (tertiary/aromatic N) is 2. The fraction of sp³-hybridized carbons (Fsp3) is 0.318. The van der Waals surface area contributed by atoms with Crippen LogP contribution in [0.25, 0.3) is 16.9 Å². The topological polar surface area (TPSA) is 48.3 Å². The number of nitrogens with one attached hydrogen (secondary N) is 1. The third-order valence-electron chi connectivity index (χ3n) is 4.97. The lowest BCUT2D eigenvalue weighted by Crippen LogP contribution is -2.25. The average molecular weight is 398 g/mol. The minimum absolute atomic E-state index is 0.306. The first-order valence-corrected chi connectivity index (χ1v) is 9.92. The Bertz CT molecular complexity index is 918. The maximum absolute atomic E-state index is 6.46. The largest absolute Gasteiger partial charge is 0.497 e. The molecule has 0 aliphatic carbocycles. The second-order valence-corrected chi connectivity index (χ2v) is 7.30. The maximum atomic E-state index is 6.46. The molecule has 1 aliphatic rings. The van der Waals surface area contributed by atoms with Gasteiger partial charge in [0.05, 0.1) is 29.6 Å². The summed E-state index contributed by atoms with van der Waals surface area (Å²) in [7, 11) is 1.66. The summed E-state index contributed by atoms with van der Waals surface area (Å²) in [5, 5.41) is 9.05. The third kappa shape index (κ3) is 4.22. The van der Waals surface area contributed by atoms with Crippen LogP contribution in [0.3, 0.4) is 0 Å². The molecule has 28 heavy (non-hydrogen) atoms. The minimum atomic E-state index is 0.306. The SMILES string of the molecule is COc1ccc(-n2cc(CNC[C@@H]3CCCO3)c(-c3ccccc3Cl)n2)cc1. The van der Waals surface area contributed by atoms with Gasteiger partial charge in [0.15, 0.2) is 0 Å². The number of aromatic nitrogens is 2. The Hall–Kier alpha value is -2.34. The molecule has 5 nitrogen and oxygen atoms in total. The molecular weight excluding hydrogens is 374 g/mol. The molecule has 1 fully saturated rings. The van der Waals surface area contributed by atoms with Crippen LogP contribution in [-0.2, 0) is 11.3 Å². The zero-order valence-corrected chi connectivity index (χ0v) is 16.7. The predicted octanol–water partition coefficient (Wildman–Crippen LogP) is 4.47. The van der Waals surface area contributed by atoms with E-state index in [1.165, 1.54) is 0 Å². The number of rotatable bonds is 7. The van der Waals surface area contributed by atoms with Gasteiger partial charge in [0.2, 0.25) is 0 Å². The van der Waals surface area contributed by atoms with E-state index in [0.29, 0.717) is 17.7 Å². The van der Waals surface area contributed by atoms with Crippen molar-refractivity contribution >= 4 is 11.6 Å². The molecule has 0 unspecified atom stereocenters. The van der Waals surface area contributed by atoms with E-state index < -0.39 is 0 Å². The Kier molecular flexibility index (Phi) is 5.95. The highest BCUT2D eigenvalue weighted by Crippen LogP contribution is 2.30. The fourth-order valence-electron chi connectivity index (χ4n) is 3.46. The van der Waals surface area contributed by atoms with Crippen molar-refractivity contribution in [2.45, 2.75) is 25.5 Å². The molecule has 0 bridgehead atoms. The Morgan fingerprint density at radius 3 is 2.75 bits per heavy atom. The number of halogens is 1. The molecule has 2 aromatic carbocycles. The van der Waals surface area contributed by atoms with Crippen LogP contribution < -0.4 is 10.1 Å². The molecular formula is C22H24ClN3O2. The molecule has 0 radical (unpaired) electrons. The van der Waals surface area contributed by atoms with Crippen molar-refractivity contribution in [2.24, 2.45) is 0 Å². The second-order valence-electron chi connectivity index (χ2n) is 6.89. The van der Waals surface area contributed by atoms with Crippen molar-refractivity contribution in [3.63, 3.8) is 0 Å². The van der Waals surface area contributed by atoms with E-state index in [2.05, 4.69) is 11.5 Å². The number of ether oxygens (including phenoxy) is 2. The van der Waals surface area contributed by atoms with Gasteiger partial charge in [0.25, 0.3) is 0 Å². The molecule has 1 aromatic heterocycles. The highest BCUT2D eigenvalue weighted by Gasteiger charge is 2.17. The van der Waals surface area contributed by atoms with E-state index in [1.807, 2.05) is 53.2 Å². The van der Waals surface area contributed by atoms with Gasteiger partial charge >= 0.3 is 0 Å². The first-order valence-electron chi connectivity index (χ1n) is 9.55. The third-order valence-corrected chi connectivity index (χ3v) is 5.30. The standard InChI is InChI=1S/C22H24ClN3O2/c1-27-18-10-8-17(9-11-18)26-15-16(13-24-14-19-5-4-12-28-19)22(25-26)20-6-2-3-7-21(20)23/h2-3,6-11,15,19,24H,4-5,12-14H2,1H3/t19-/m0/s1. The van der Waals surface area contributed by atoms with E-state index in [4.69, 9.17) is 26.2 Å². The molecule has 1 saturated heterocycles. The molecule has 1 atom stereocenters. The molecule has 3 aromatic rings.